The van der Waals surface area contributed by atoms with Crippen LogP contribution < -0.4 is 0 Å². The van der Waals surface area contributed by atoms with Crippen molar-refractivity contribution in [1.82, 2.24) is 4.90 Å². The van der Waals surface area contributed by atoms with E-state index in [9.17, 15) is 5.21 Å². The number of hydrogen-bond acceptors (Lipinski definition) is 4. The third-order valence-corrected chi connectivity index (χ3v) is 5.21. The van der Waals surface area contributed by atoms with E-state index >= 15 is 0 Å². The Balaban J connectivity index is 2.30. The van der Waals surface area contributed by atoms with Crippen LogP contribution in [0.25, 0.3) is 0 Å². The van der Waals surface area contributed by atoms with E-state index in [0.717, 1.165) is 13.9 Å². The lowest BCUT2D eigenvalue weighted by molar-refractivity contribution is -0.522. The molecule has 0 N–H and O–H groups in total. The number of hydroxylamine groups is 1. The zero-order valence-corrected chi connectivity index (χ0v) is 12.4. The summed E-state index contributed by atoms with van der Waals surface area (Å²) in [5.41, 5.74) is 0. The zero-order chi connectivity index (χ0) is 12.6. The van der Waals surface area contributed by atoms with Gasteiger partial charge in [0.05, 0.1) is 4.88 Å². The number of hydrogen-bond donors (Lipinski definition) is 0. The normalized spacial score (nSPS) is 24.4. The van der Waals surface area contributed by atoms with E-state index < -0.39 is 0 Å². The van der Waals surface area contributed by atoms with Crippen molar-refractivity contribution in [2.75, 3.05) is 7.05 Å². The largest absolute Gasteiger partial charge is 0.622 e. The number of thioether (sulfide) groups is 1. The van der Waals surface area contributed by atoms with Crippen molar-refractivity contribution in [3.05, 3.63) is 27.6 Å². The van der Waals surface area contributed by atoms with Gasteiger partial charge in [-0.1, -0.05) is 30.0 Å². The topological polar surface area (TPSA) is 29.3 Å². The number of nitrogens with zero attached hydrogens (tertiary/aromatic N) is 2. The van der Waals surface area contributed by atoms with E-state index in [1.807, 2.05) is 43.3 Å². The van der Waals surface area contributed by atoms with E-state index in [0.29, 0.717) is 0 Å². The Kier molecular flexibility index (Phi) is 3.47. The molecule has 1 aromatic rings. The van der Waals surface area contributed by atoms with Crippen LogP contribution in [0, 0.1) is 5.21 Å². The van der Waals surface area contributed by atoms with E-state index in [-0.39, 0.29) is 10.9 Å². The number of thiophene rings is 1. The van der Waals surface area contributed by atoms with Crippen LogP contribution in [0.4, 0.5) is 0 Å². The minimum atomic E-state index is -0.248. The summed E-state index contributed by atoms with van der Waals surface area (Å²) in [5.74, 6) is 0. The Morgan fingerprint density at radius 3 is 2.76 bits per heavy atom. The average molecular weight is 286 g/mol. The highest BCUT2D eigenvalue weighted by Gasteiger charge is 2.48. The van der Waals surface area contributed by atoms with Crippen LogP contribution >= 0.6 is 35.3 Å². The Hall–Kier alpha value is -0.590. The molecule has 6 heteroatoms. The smallest absolute Gasteiger partial charge is 0.254 e. The van der Waals surface area contributed by atoms with Gasteiger partial charge in [0.15, 0.2) is 6.21 Å². The summed E-state index contributed by atoms with van der Waals surface area (Å²) in [6.45, 7) is 4.09. The zero-order valence-electron chi connectivity index (χ0n) is 9.91. The standard InChI is InChI=1S/C11H14N2OS3/c1-11(2)9(12(3)10(15)17-11)13(14)7-8-5-4-6-16-8/h4-7,9H,1-3H3/b13-7-/t9-/m0/s1. The van der Waals surface area contributed by atoms with Gasteiger partial charge in [0.2, 0.25) is 0 Å². The molecular weight excluding hydrogens is 272 g/mol. The fourth-order valence-electron chi connectivity index (χ4n) is 1.95. The molecule has 1 saturated heterocycles. The maximum absolute atomic E-state index is 12.2. The molecule has 2 rings (SSSR count). The van der Waals surface area contributed by atoms with E-state index in [1.54, 1.807) is 29.3 Å². The van der Waals surface area contributed by atoms with E-state index in [2.05, 4.69) is 0 Å². The first-order chi connectivity index (χ1) is 7.92. The van der Waals surface area contributed by atoms with Crippen LogP contribution in [-0.2, 0) is 0 Å². The molecular formula is C11H14N2OS3. The van der Waals surface area contributed by atoms with Crippen LogP contribution in [0.3, 0.4) is 0 Å². The molecule has 0 amide bonds. The monoisotopic (exact) mass is 286 g/mol. The van der Waals surface area contributed by atoms with Gasteiger partial charge in [0.25, 0.3) is 6.17 Å². The van der Waals surface area contributed by atoms with Crippen molar-refractivity contribution in [3.63, 3.8) is 0 Å². The van der Waals surface area contributed by atoms with Gasteiger partial charge in [0, 0.05) is 7.05 Å². The molecule has 1 fully saturated rings. The number of rotatable bonds is 2. The lowest BCUT2D eigenvalue weighted by atomic mass is 10.1. The van der Waals surface area contributed by atoms with Gasteiger partial charge in [-0.25, -0.2) is 0 Å². The second-order valence-corrected chi connectivity index (χ2v) is 7.73. The molecule has 0 aromatic carbocycles. The van der Waals surface area contributed by atoms with Crippen LogP contribution in [-0.4, -0.2) is 38.1 Å². The molecule has 0 unspecified atom stereocenters. The number of thiocarbonyl (C=S) groups is 1. The first kappa shape index (κ1) is 12.9. The van der Waals surface area contributed by atoms with Crippen molar-refractivity contribution >= 4 is 45.9 Å². The molecule has 0 radical (unpaired) electrons. The molecule has 17 heavy (non-hydrogen) atoms. The first-order valence-electron chi connectivity index (χ1n) is 5.21. The highest BCUT2D eigenvalue weighted by atomic mass is 32.2. The highest BCUT2D eigenvalue weighted by molar-refractivity contribution is 8.24. The Morgan fingerprint density at radius 2 is 2.29 bits per heavy atom. The molecule has 0 bridgehead atoms. The predicted octanol–water partition coefficient (Wildman–Crippen LogP) is 2.75. The Labute approximate surface area is 115 Å². The van der Waals surface area contributed by atoms with E-state index in [4.69, 9.17) is 12.2 Å². The highest BCUT2D eigenvalue weighted by Crippen LogP contribution is 2.40. The maximum atomic E-state index is 12.2. The van der Waals surface area contributed by atoms with E-state index in [1.165, 1.54) is 0 Å². The van der Waals surface area contributed by atoms with Crippen LogP contribution in [0.15, 0.2) is 17.5 Å². The molecule has 1 aliphatic rings. The third-order valence-electron chi connectivity index (χ3n) is 2.67. The fourth-order valence-corrected chi connectivity index (χ4v) is 4.40. The van der Waals surface area contributed by atoms with Crippen LogP contribution in [0.2, 0.25) is 0 Å². The summed E-state index contributed by atoms with van der Waals surface area (Å²) in [5, 5.41) is 14.2. The molecule has 0 saturated carbocycles. The van der Waals surface area contributed by atoms with Crippen LogP contribution in [0.5, 0.6) is 0 Å². The quantitative estimate of drug-likeness (QED) is 0.275. The maximum Gasteiger partial charge on any atom is 0.254 e. The summed E-state index contributed by atoms with van der Waals surface area (Å²) in [4.78, 5) is 2.84. The van der Waals surface area contributed by atoms with Crippen molar-refractivity contribution in [2.45, 2.75) is 24.8 Å². The van der Waals surface area contributed by atoms with Gasteiger partial charge in [-0.05, 0) is 25.3 Å². The molecule has 92 valence electrons. The van der Waals surface area contributed by atoms with Crippen molar-refractivity contribution in [1.29, 1.82) is 0 Å². The Bertz CT molecular complexity index is 453. The average Bonchev–Trinajstić information content (AvgIpc) is 2.74. The summed E-state index contributed by atoms with van der Waals surface area (Å²) < 4.78 is 1.60. The lowest BCUT2D eigenvalue weighted by Gasteiger charge is -2.27. The Morgan fingerprint density at radius 1 is 1.59 bits per heavy atom. The molecule has 1 atom stereocenters. The minimum absolute atomic E-state index is 0.193. The van der Waals surface area contributed by atoms with Gasteiger partial charge in [-0.2, -0.15) is 4.74 Å². The molecule has 1 aromatic heterocycles. The molecule has 3 nitrogen and oxygen atoms in total. The lowest BCUT2D eigenvalue weighted by Crippen LogP contribution is -2.46. The summed E-state index contributed by atoms with van der Waals surface area (Å²) in [6.07, 6.45) is 1.39. The third kappa shape index (κ3) is 2.48. The van der Waals surface area contributed by atoms with Gasteiger partial charge in [-0.15, -0.1) is 11.3 Å². The van der Waals surface area contributed by atoms with Gasteiger partial charge >= 0.3 is 0 Å². The SMILES string of the molecule is CN1C(=S)SC(C)(C)[C@@H]1/[N+]([O-])=C/c1cccs1. The van der Waals surface area contributed by atoms with Gasteiger partial charge in [0.1, 0.15) is 9.07 Å². The van der Waals surface area contributed by atoms with Crippen LogP contribution in [0.1, 0.15) is 18.7 Å². The van der Waals surface area contributed by atoms with Gasteiger partial charge in [-0.3, -0.25) is 0 Å². The van der Waals surface area contributed by atoms with Crippen molar-refractivity contribution in [3.8, 4) is 0 Å². The summed E-state index contributed by atoms with van der Waals surface area (Å²) in [6, 6.07) is 3.87. The van der Waals surface area contributed by atoms with Crippen molar-refractivity contribution in [2.24, 2.45) is 0 Å². The molecule has 0 aliphatic carbocycles. The second kappa shape index (κ2) is 4.59. The predicted molar refractivity (Wildman–Crippen MR) is 78.9 cm³/mol. The van der Waals surface area contributed by atoms with Gasteiger partial charge < -0.3 is 10.1 Å². The minimum Gasteiger partial charge on any atom is -0.622 e. The summed E-state index contributed by atoms with van der Waals surface area (Å²) >= 11 is 8.38. The fraction of sp³-hybridized carbons (Fsp3) is 0.455. The second-order valence-electron chi connectivity index (χ2n) is 4.46. The summed E-state index contributed by atoms with van der Waals surface area (Å²) in [7, 11) is 1.88. The first-order valence-corrected chi connectivity index (χ1v) is 7.32. The molecule has 0 spiro atoms. The molecule has 1 aliphatic heterocycles. The molecule has 2 heterocycles. The van der Waals surface area contributed by atoms with Crippen molar-refractivity contribution < 1.29 is 4.74 Å².